The molecule has 18 heavy (non-hydrogen) atoms. The molecule has 0 aromatic heterocycles. The normalized spacial score (nSPS) is 28.4. The lowest BCUT2D eigenvalue weighted by atomic mass is 10.1. The number of nitrogens with two attached hydrogens (primary N) is 1. The van der Waals surface area contributed by atoms with Crippen LogP contribution in [0.3, 0.4) is 0 Å². The summed E-state index contributed by atoms with van der Waals surface area (Å²) in [7, 11) is -2.21. The first-order chi connectivity index (χ1) is 8.48. The number of methoxy groups -OCH3 is 1. The van der Waals surface area contributed by atoms with Crippen molar-refractivity contribution in [3.63, 3.8) is 0 Å². The van der Waals surface area contributed by atoms with E-state index in [2.05, 4.69) is 4.72 Å². The van der Waals surface area contributed by atoms with E-state index < -0.39 is 21.8 Å². The van der Waals surface area contributed by atoms with Crippen molar-refractivity contribution in [1.29, 1.82) is 0 Å². The van der Waals surface area contributed by atoms with E-state index in [4.69, 9.17) is 15.2 Å². The maximum atomic E-state index is 12.2. The van der Waals surface area contributed by atoms with Crippen molar-refractivity contribution in [2.24, 2.45) is 5.73 Å². The van der Waals surface area contributed by atoms with Crippen LogP contribution in [0.25, 0.3) is 0 Å². The van der Waals surface area contributed by atoms with Crippen molar-refractivity contribution in [3.05, 3.63) is 30.3 Å². The molecule has 0 amide bonds. The summed E-state index contributed by atoms with van der Waals surface area (Å²) in [5, 5.41) is 0. The van der Waals surface area contributed by atoms with Crippen molar-refractivity contribution in [2.75, 3.05) is 20.3 Å². The summed E-state index contributed by atoms with van der Waals surface area (Å²) in [5.41, 5.74) is 4.76. The molecule has 0 unspecified atom stereocenters. The largest absolute Gasteiger partial charge is 0.376 e. The Bertz CT molecular complexity index is 505. The Hall–Kier alpha value is -0.990. The zero-order valence-electron chi connectivity index (χ0n) is 10.00. The van der Waals surface area contributed by atoms with E-state index in [0.29, 0.717) is 0 Å². The van der Waals surface area contributed by atoms with Gasteiger partial charge < -0.3 is 15.2 Å². The second kappa shape index (κ2) is 4.94. The van der Waals surface area contributed by atoms with E-state index in [1.54, 1.807) is 18.2 Å². The number of ether oxygens (including phenoxy) is 2. The Morgan fingerprint density at radius 2 is 2.11 bits per heavy atom. The van der Waals surface area contributed by atoms with Gasteiger partial charge in [0.25, 0.3) is 0 Å². The third-order valence-corrected chi connectivity index (χ3v) is 4.39. The van der Waals surface area contributed by atoms with Gasteiger partial charge in [0.15, 0.2) is 0 Å². The third-order valence-electron chi connectivity index (χ3n) is 2.85. The molecule has 1 fully saturated rings. The number of rotatable bonds is 4. The predicted octanol–water partition coefficient (Wildman–Crippen LogP) is -0.335. The Kier molecular flexibility index (Phi) is 3.69. The summed E-state index contributed by atoms with van der Waals surface area (Å²) in [5.74, 6) is 0. The topological polar surface area (TPSA) is 90.7 Å². The summed E-state index contributed by atoms with van der Waals surface area (Å²) in [6, 6.07) is 8.05. The molecule has 1 aliphatic heterocycles. The van der Waals surface area contributed by atoms with Gasteiger partial charge in [-0.25, -0.2) is 8.42 Å². The minimum absolute atomic E-state index is 0.0809. The zero-order valence-corrected chi connectivity index (χ0v) is 10.8. The van der Waals surface area contributed by atoms with Gasteiger partial charge in [-0.15, -0.1) is 0 Å². The molecule has 100 valence electrons. The number of sulfonamides is 1. The highest BCUT2D eigenvalue weighted by molar-refractivity contribution is 7.89. The van der Waals surface area contributed by atoms with Gasteiger partial charge in [0, 0.05) is 7.11 Å². The molecule has 3 N–H and O–H groups in total. The van der Waals surface area contributed by atoms with Gasteiger partial charge in [-0.2, -0.15) is 4.72 Å². The number of hydrogen-bond donors (Lipinski definition) is 2. The zero-order chi connectivity index (χ0) is 13.2. The van der Waals surface area contributed by atoms with Crippen LogP contribution in [0.2, 0.25) is 0 Å². The van der Waals surface area contributed by atoms with Gasteiger partial charge in [-0.3, -0.25) is 0 Å². The first-order valence-corrected chi connectivity index (χ1v) is 6.95. The quantitative estimate of drug-likeness (QED) is 0.732. The van der Waals surface area contributed by atoms with Gasteiger partial charge in [0.2, 0.25) is 10.0 Å². The minimum Gasteiger partial charge on any atom is -0.376 e. The molecule has 0 radical (unpaired) electrons. The molecule has 1 aliphatic rings. The molecule has 0 spiro atoms. The summed E-state index contributed by atoms with van der Waals surface area (Å²) in [6.07, 6.45) is -0.504. The van der Waals surface area contributed by atoms with Crippen LogP contribution in [0.1, 0.15) is 0 Å². The molecule has 6 nitrogen and oxygen atoms in total. The number of hydrogen-bond acceptors (Lipinski definition) is 5. The summed E-state index contributed by atoms with van der Waals surface area (Å²) >= 11 is 0. The van der Waals surface area contributed by atoms with E-state index in [9.17, 15) is 8.42 Å². The Morgan fingerprint density at radius 1 is 1.44 bits per heavy atom. The van der Waals surface area contributed by atoms with Gasteiger partial charge in [-0.1, -0.05) is 18.2 Å². The standard InChI is InChI=1S/C11H16N2O4S/c1-16-10-7-17-8-11(10,12)13-18(14,15)9-5-3-2-4-6-9/h2-6,10,13H,7-8,12H2,1H3/t10-,11+/m1/s1. The van der Waals surface area contributed by atoms with Crippen LogP contribution in [0.15, 0.2) is 35.2 Å². The van der Waals surface area contributed by atoms with Gasteiger partial charge in [0.1, 0.15) is 11.8 Å². The molecule has 2 atom stereocenters. The Labute approximate surface area is 106 Å². The highest BCUT2D eigenvalue weighted by Crippen LogP contribution is 2.19. The van der Waals surface area contributed by atoms with Crippen LogP contribution >= 0.6 is 0 Å². The average Bonchev–Trinajstić information content (AvgIpc) is 2.70. The van der Waals surface area contributed by atoms with Gasteiger partial charge in [0.05, 0.1) is 18.1 Å². The highest BCUT2D eigenvalue weighted by atomic mass is 32.2. The van der Waals surface area contributed by atoms with Gasteiger partial charge >= 0.3 is 0 Å². The van der Waals surface area contributed by atoms with Crippen LogP contribution in [-0.2, 0) is 19.5 Å². The summed E-state index contributed by atoms with van der Waals surface area (Å²) < 4.78 is 37.1. The van der Waals surface area contributed by atoms with Crippen LogP contribution in [-0.4, -0.2) is 40.5 Å². The molecule has 1 saturated heterocycles. The van der Waals surface area contributed by atoms with Crippen molar-refractivity contribution in [3.8, 4) is 0 Å². The lowest BCUT2D eigenvalue weighted by Crippen LogP contribution is -2.63. The molecule has 0 saturated carbocycles. The maximum absolute atomic E-state index is 12.2. The van der Waals surface area contributed by atoms with Gasteiger partial charge in [-0.05, 0) is 12.1 Å². The smallest absolute Gasteiger partial charge is 0.242 e. The fraction of sp³-hybridized carbons (Fsp3) is 0.455. The summed E-state index contributed by atoms with van der Waals surface area (Å²) in [4.78, 5) is 0.163. The molecule has 0 aliphatic carbocycles. The molecule has 7 heteroatoms. The predicted molar refractivity (Wildman–Crippen MR) is 65.3 cm³/mol. The monoisotopic (exact) mass is 272 g/mol. The molecular formula is C11H16N2O4S. The van der Waals surface area contributed by atoms with Crippen LogP contribution in [0, 0.1) is 0 Å². The van der Waals surface area contributed by atoms with E-state index in [-0.39, 0.29) is 18.1 Å². The molecular weight excluding hydrogens is 256 g/mol. The lowest BCUT2D eigenvalue weighted by molar-refractivity contribution is 0.0544. The van der Waals surface area contributed by atoms with Crippen molar-refractivity contribution in [2.45, 2.75) is 16.7 Å². The molecule has 2 rings (SSSR count). The fourth-order valence-electron chi connectivity index (χ4n) is 1.86. The molecule has 1 aromatic rings. The van der Waals surface area contributed by atoms with E-state index in [1.807, 2.05) is 0 Å². The number of benzene rings is 1. The third kappa shape index (κ3) is 2.55. The van der Waals surface area contributed by atoms with Crippen LogP contribution in [0.5, 0.6) is 0 Å². The fourth-order valence-corrected chi connectivity index (χ4v) is 3.18. The SMILES string of the molecule is CO[C@@H]1COC[C@]1(N)NS(=O)(=O)c1ccccc1. The van der Waals surface area contributed by atoms with Crippen molar-refractivity contribution in [1.82, 2.24) is 4.72 Å². The van der Waals surface area contributed by atoms with E-state index >= 15 is 0 Å². The molecule has 1 heterocycles. The van der Waals surface area contributed by atoms with Crippen molar-refractivity contribution >= 4 is 10.0 Å². The first kappa shape index (κ1) is 13.4. The van der Waals surface area contributed by atoms with Crippen LogP contribution in [0.4, 0.5) is 0 Å². The first-order valence-electron chi connectivity index (χ1n) is 5.46. The minimum atomic E-state index is -3.68. The van der Waals surface area contributed by atoms with E-state index in [0.717, 1.165) is 0 Å². The summed E-state index contributed by atoms with van der Waals surface area (Å²) in [6.45, 7) is 0.349. The second-order valence-electron chi connectivity index (χ2n) is 4.20. The van der Waals surface area contributed by atoms with Crippen molar-refractivity contribution < 1.29 is 17.9 Å². The van der Waals surface area contributed by atoms with Crippen LogP contribution < -0.4 is 10.5 Å². The van der Waals surface area contributed by atoms with E-state index in [1.165, 1.54) is 19.2 Å². The molecule has 0 bridgehead atoms. The Morgan fingerprint density at radius 3 is 2.72 bits per heavy atom. The average molecular weight is 272 g/mol. The second-order valence-corrected chi connectivity index (χ2v) is 5.88. The lowest BCUT2D eigenvalue weighted by Gasteiger charge is -2.28. The molecule has 1 aromatic carbocycles. The number of nitrogens with one attached hydrogen (secondary N) is 1. The highest BCUT2D eigenvalue weighted by Gasteiger charge is 2.44. The Balaban J connectivity index is 2.23. The maximum Gasteiger partial charge on any atom is 0.242 e.